The van der Waals surface area contributed by atoms with E-state index in [9.17, 15) is 19.8 Å². The molecule has 0 bridgehead atoms. The zero-order valence-electron chi connectivity index (χ0n) is 18.8. The van der Waals surface area contributed by atoms with E-state index in [4.69, 9.17) is 16.2 Å². The molecule has 1 heterocycles. The Hall–Kier alpha value is -2.99. The van der Waals surface area contributed by atoms with Crippen molar-refractivity contribution in [3.05, 3.63) is 23.5 Å². The van der Waals surface area contributed by atoms with E-state index in [2.05, 4.69) is 20.6 Å². The molecule has 1 aromatic rings. The number of carbonyl (C=O) groups excluding carboxylic acids is 1. The molecule has 1 aliphatic carbocycles. The number of rotatable bonds is 10. The van der Waals surface area contributed by atoms with Gasteiger partial charge in [0.2, 0.25) is 5.91 Å². The second-order valence-corrected chi connectivity index (χ2v) is 7.73. The molecule has 0 aliphatic heterocycles. The van der Waals surface area contributed by atoms with Gasteiger partial charge < -0.3 is 31.7 Å². The normalized spacial score (nSPS) is 24.0. The van der Waals surface area contributed by atoms with Crippen LogP contribution in [0.2, 0.25) is 0 Å². The minimum Gasteiger partial charge on any atom is -0.478 e. The number of aliphatic hydroxyl groups excluding tert-OH is 1. The van der Waals surface area contributed by atoms with Crippen LogP contribution < -0.4 is 16.8 Å². The molecule has 1 unspecified atom stereocenters. The average Bonchev–Trinajstić information content (AvgIpc) is 3.21. The van der Waals surface area contributed by atoms with Crippen molar-refractivity contribution in [3.63, 3.8) is 0 Å². The number of aromatic nitrogens is 3. The predicted molar refractivity (Wildman–Crippen MR) is 116 cm³/mol. The Morgan fingerprint density at radius 2 is 1.94 bits per heavy atom. The van der Waals surface area contributed by atoms with Crippen LogP contribution in [0.25, 0.3) is 0 Å². The molecule has 2 rings (SSSR count). The first-order chi connectivity index (χ1) is 15.1. The second kappa shape index (κ2) is 11.0. The highest BCUT2D eigenvalue weighted by molar-refractivity contribution is 5.88. The fraction of sp³-hybridized carbons (Fsp3) is 0.650. The maximum atomic E-state index is 12.2. The minimum absolute atomic E-state index is 0.0556. The van der Waals surface area contributed by atoms with Crippen molar-refractivity contribution in [2.75, 3.05) is 0 Å². The maximum Gasteiger partial charge on any atom is 0.333 e. The summed E-state index contributed by atoms with van der Waals surface area (Å²) in [6, 6.07) is -2.72. The summed E-state index contributed by atoms with van der Waals surface area (Å²) in [5.41, 5.74) is 11.6. The van der Waals surface area contributed by atoms with Crippen LogP contribution in [0.3, 0.4) is 0 Å². The lowest BCUT2D eigenvalue weighted by Gasteiger charge is -2.40. The number of carboxylic acid groups (broad SMARTS) is 1. The number of carboxylic acids is 1. The van der Waals surface area contributed by atoms with E-state index >= 15 is 0 Å². The van der Waals surface area contributed by atoms with Gasteiger partial charge >= 0.3 is 5.97 Å². The van der Waals surface area contributed by atoms with Crippen LogP contribution in [0.15, 0.2) is 22.8 Å². The minimum atomic E-state index is -1.21. The molecular formula is C20H33N7O5. The monoisotopic (exact) mass is 451 g/mol. The molecular weight excluding hydrogens is 418 g/mol. The summed E-state index contributed by atoms with van der Waals surface area (Å²) in [6.45, 7) is 7.04. The standard InChI is InChI=1S/C20H33N7O5/c1-5-11(6-2)32-15-8-12(19(30)31)18(27-9-13(25-26-27)14(29)7-3)17(24-20(21)22)16(15)23-10(4)28/h8-9,11,14-18,29H,5-7H2,1-4H3,(H,23,28)(H,30,31)(H4,21,22,24)/t14?,15-,16+,17-,18+/m1/s1. The largest absolute Gasteiger partial charge is 0.478 e. The Morgan fingerprint density at radius 3 is 2.44 bits per heavy atom. The quantitative estimate of drug-likeness (QED) is 0.241. The van der Waals surface area contributed by atoms with E-state index < -0.39 is 36.3 Å². The van der Waals surface area contributed by atoms with Crippen LogP contribution in [0.5, 0.6) is 0 Å². The van der Waals surface area contributed by atoms with Gasteiger partial charge in [0.25, 0.3) is 0 Å². The highest BCUT2D eigenvalue weighted by atomic mass is 16.5. The summed E-state index contributed by atoms with van der Waals surface area (Å²) in [4.78, 5) is 28.5. The first-order valence-electron chi connectivity index (χ1n) is 10.7. The van der Waals surface area contributed by atoms with Gasteiger partial charge in [-0.05, 0) is 25.3 Å². The van der Waals surface area contributed by atoms with Gasteiger partial charge in [-0.25, -0.2) is 14.5 Å². The molecule has 0 fully saturated rings. The Bertz CT molecular complexity index is 860. The SMILES string of the molecule is CCC(CC)O[C@@H]1C=C(C(=O)O)[C@H](n2cc(C(O)CC)nn2)[C@H](N=C(N)N)[C@H]1NC(C)=O. The van der Waals surface area contributed by atoms with Gasteiger partial charge in [-0.3, -0.25) is 4.79 Å². The molecule has 7 N–H and O–H groups in total. The number of guanidine groups is 1. The highest BCUT2D eigenvalue weighted by Gasteiger charge is 2.46. The molecule has 12 heteroatoms. The first kappa shape index (κ1) is 25.3. The van der Waals surface area contributed by atoms with E-state index in [-0.39, 0.29) is 29.2 Å². The maximum absolute atomic E-state index is 12.2. The van der Waals surface area contributed by atoms with Crippen molar-refractivity contribution in [1.82, 2.24) is 20.3 Å². The summed E-state index contributed by atoms with van der Waals surface area (Å²) in [5, 5.41) is 30.9. The van der Waals surface area contributed by atoms with Gasteiger partial charge in [-0.2, -0.15) is 0 Å². The average molecular weight is 452 g/mol. The number of ether oxygens (including phenoxy) is 1. The van der Waals surface area contributed by atoms with Gasteiger partial charge in [0, 0.05) is 6.92 Å². The van der Waals surface area contributed by atoms with Crippen molar-refractivity contribution in [1.29, 1.82) is 0 Å². The number of aliphatic carboxylic acids is 1. The van der Waals surface area contributed by atoms with E-state index in [0.717, 1.165) is 0 Å². The highest BCUT2D eigenvalue weighted by Crippen LogP contribution is 2.35. The van der Waals surface area contributed by atoms with Crippen LogP contribution in [0.4, 0.5) is 0 Å². The van der Waals surface area contributed by atoms with Crippen LogP contribution in [0, 0.1) is 0 Å². The van der Waals surface area contributed by atoms with Crippen molar-refractivity contribution < 1.29 is 24.5 Å². The smallest absolute Gasteiger partial charge is 0.333 e. The van der Waals surface area contributed by atoms with Gasteiger partial charge in [0.1, 0.15) is 17.8 Å². The molecule has 32 heavy (non-hydrogen) atoms. The lowest BCUT2D eigenvalue weighted by molar-refractivity contribution is -0.134. The lowest BCUT2D eigenvalue weighted by atomic mass is 9.83. The van der Waals surface area contributed by atoms with Crippen LogP contribution >= 0.6 is 0 Å². The summed E-state index contributed by atoms with van der Waals surface area (Å²) in [5.74, 6) is -1.84. The predicted octanol–water partition coefficient (Wildman–Crippen LogP) is 0.00770. The lowest BCUT2D eigenvalue weighted by Crippen LogP contribution is -2.57. The Labute approximate surface area is 186 Å². The van der Waals surface area contributed by atoms with Gasteiger partial charge in [-0.1, -0.05) is 26.0 Å². The number of aliphatic hydroxyl groups is 1. The van der Waals surface area contributed by atoms with Gasteiger partial charge in [0.15, 0.2) is 5.96 Å². The second-order valence-electron chi connectivity index (χ2n) is 7.73. The van der Waals surface area contributed by atoms with Crippen LogP contribution in [0.1, 0.15) is 64.8 Å². The molecule has 178 valence electrons. The topological polar surface area (TPSA) is 191 Å². The third-order valence-corrected chi connectivity index (χ3v) is 5.42. The number of hydrogen-bond acceptors (Lipinski definition) is 7. The Balaban J connectivity index is 2.66. The fourth-order valence-electron chi connectivity index (χ4n) is 3.79. The molecule has 1 amide bonds. The number of amides is 1. The third kappa shape index (κ3) is 5.82. The molecule has 0 aromatic carbocycles. The number of nitrogens with zero attached hydrogens (tertiary/aromatic N) is 4. The van der Waals surface area contributed by atoms with Gasteiger partial charge in [-0.15, -0.1) is 5.10 Å². The molecule has 1 aromatic heterocycles. The Morgan fingerprint density at radius 1 is 1.28 bits per heavy atom. The van der Waals surface area contributed by atoms with Gasteiger partial charge in [0.05, 0.1) is 36.1 Å². The molecule has 1 aliphatic rings. The van der Waals surface area contributed by atoms with Crippen molar-refractivity contribution in [2.45, 2.75) is 83.4 Å². The number of hydrogen-bond donors (Lipinski definition) is 5. The summed E-state index contributed by atoms with van der Waals surface area (Å²) in [7, 11) is 0. The zero-order chi connectivity index (χ0) is 24.0. The van der Waals surface area contributed by atoms with E-state index in [1.807, 2.05) is 13.8 Å². The fourth-order valence-corrected chi connectivity index (χ4v) is 3.79. The number of aliphatic imine (C=N–C) groups is 1. The van der Waals surface area contributed by atoms with Crippen molar-refractivity contribution in [3.8, 4) is 0 Å². The first-order valence-corrected chi connectivity index (χ1v) is 10.7. The summed E-state index contributed by atoms with van der Waals surface area (Å²) < 4.78 is 7.45. The summed E-state index contributed by atoms with van der Waals surface area (Å²) >= 11 is 0. The number of carbonyl (C=O) groups is 2. The van der Waals surface area contributed by atoms with Crippen molar-refractivity contribution >= 4 is 17.8 Å². The number of nitrogens with one attached hydrogen (secondary N) is 1. The molecule has 0 spiro atoms. The van der Waals surface area contributed by atoms with E-state index in [0.29, 0.717) is 19.3 Å². The molecule has 0 saturated heterocycles. The Kier molecular flexibility index (Phi) is 8.72. The molecule has 0 radical (unpaired) electrons. The summed E-state index contributed by atoms with van der Waals surface area (Å²) in [6.07, 6.45) is 2.92. The van der Waals surface area contributed by atoms with E-state index in [1.165, 1.54) is 23.9 Å². The molecule has 12 nitrogen and oxygen atoms in total. The molecule has 5 atom stereocenters. The zero-order valence-corrected chi connectivity index (χ0v) is 18.8. The third-order valence-electron chi connectivity index (χ3n) is 5.42. The molecule has 0 saturated carbocycles. The van der Waals surface area contributed by atoms with E-state index in [1.54, 1.807) is 6.92 Å². The number of nitrogens with two attached hydrogens (primary N) is 2. The van der Waals surface area contributed by atoms with Crippen molar-refractivity contribution in [2.24, 2.45) is 16.5 Å². The van der Waals surface area contributed by atoms with Crippen LogP contribution in [-0.4, -0.2) is 67.3 Å². The van der Waals surface area contributed by atoms with Crippen LogP contribution in [-0.2, 0) is 14.3 Å².